The van der Waals surface area contributed by atoms with E-state index in [0.717, 1.165) is 6.07 Å². The molecule has 5 atom stereocenters. The molecule has 3 aromatic rings. The highest BCUT2D eigenvalue weighted by molar-refractivity contribution is 5.86. The smallest absolute Gasteiger partial charge is 0.229 e. The van der Waals surface area contributed by atoms with Crippen molar-refractivity contribution in [3.05, 3.63) is 52.7 Å². The molecule has 1 aliphatic rings. The highest BCUT2D eigenvalue weighted by Gasteiger charge is 2.44. The van der Waals surface area contributed by atoms with Crippen molar-refractivity contribution in [2.24, 2.45) is 0 Å². The van der Waals surface area contributed by atoms with Crippen LogP contribution in [-0.4, -0.2) is 68.0 Å². The zero-order valence-electron chi connectivity index (χ0n) is 16.0. The minimum atomic E-state index is -1.65. The summed E-state index contributed by atoms with van der Waals surface area (Å²) in [5, 5.41) is 58.8. The van der Waals surface area contributed by atoms with Crippen molar-refractivity contribution in [2.45, 2.75) is 30.7 Å². The lowest BCUT2D eigenvalue weighted by molar-refractivity contribution is -0.277. The molecular weight excluding hydrogens is 412 g/mol. The van der Waals surface area contributed by atoms with Crippen LogP contribution in [-0.2, 0) is 4.74 Å². The van der Waals surface area contributed by atoms with Gasteiger partial charge in [-0.2, -0.15) is 0 Å². The number of ether oxygens (including phenoxy) is 2. The van der Waals surface area contributed by atoms with Crippen molar-refractivity contribution in [3.8, 4) is 28.6 Å². The number of hydrogen-bond donors (Lipinski definition) is 6. The van der Waals surface area contributed by atoms with Gasteiger partial charge in [0.15, 0.2) is 5.43 Å². The van der Waals surface area contributed by atoms with Gasteiger partial charge in [-0.1, -0.05) is 0 Å². The molecule has 0 saturated carbocycles. The Balaban J connectivity index is 1.71. The summed E-state index contributed by atoms with van der Waals surface area (Å²) >= 11 is 0. The Morgan fingerprint density at radius 1 is 0.935 bits per heavy atom. The summed E-state index contributed by atoms with van der Waals surface area (Å²) in [7, 11) is 0. The van der Waals surface area contributed by atoms with E-state index in [-0.39, 0.29) is 28.2 Å². The largest absolute Gasteiger partial charge is 0.508 e. The minimum absolute atomic E-state index is 0.0184. The van der Waals surface area contributed by atoms with Gasteiger partial charge in [-0.3, -0.25) is 4.79 Å². The molecule has 1 saturated heterocycles. The van der Waals surface area contributed by atoms with Gasteiger partial charge in [0, 0.05) is 23.8 Å². The molecule has 2 aromatic carbocycles. The van der Waals surface area contributed by atoms with Crippen LogP contribution >= 0.6 is 0 Å². The van der Waals surface area contributed by atoms with Gasteiger partial charge in [-0.15, -0.1) is 0 Å². The number of aromatic hydroxyl groups is 2. The third kappa shape index (κ3) is 3.94. The van der Waals surface area contributed by atoms with Crippen LogP contribution < -0.4 is 10.2 Å². The molecule has 10 heteroatoms. The molecule has 0 spiro atoms. The van der Waals surface area contributed by atoms with Gasteiger partial charge in [-0.05, 0) is 24.3 Å². The first-order valence-corrected chi connectivity index (χ1v) is 9.36. The predicted molar refractivity (Wildman–Crippen MR) is 106 cm³/mol. The maximum atomic E-state index is 12.5. The van der Waals surface area contributed by atoms with Crippen molar-refractivity contribution in [1.29, 1.82) is 0 Å². The average Bonchev–Trinajstić information content (AvgIpc) is 2.74. The van der Waals surface area contributed by atoms with Crippen LogP contribution in [0.4, 0.5) is 0 Å². The van der Waals surface area contributed by atoms with E-state index in [0.29, 0.717) is 5.56 Å². The fourth-order valence-corrected chi connectivity index (χ4v) is 3.38. The molecule has 6 N–H and O–H groups in total. The number of fused-ring (bicyclic) bond motifs is 1. The third-order valence-corrected chi connectivity index (χ3v) is 5.04. The van der Waals surface area contributed by atoms with Gasteiger partial charge in [0.1, 0.15) is 58.4 Å². The lowest BCUT2D eigenvalue weighted by atomic mass is 9.99. The van der Waals surface area contributed by atoms with Crippen LogP contribution in [0.25, 0.3) is 22.3 Å². The van der Waals surface area contributed by atoms with Gasteiger partial charge in [-0.25, -0.2) is 0 Å². The molecule has 0 unspecified atom stereocenters. The number of phenols is 2. The van der Waals surface area contributed by atoms with E-state index < -0.39 is 48.5 Å². The molecule has 1 aromatic heterocycles. The molecule has 2 heterocycles. The molecule has 0 radical (unpaired) electrons. The number of rotatable bonds is 4. The van der Waals surface area contributed by atoms with Crippen LogP contribution in [0.5, 0.6) is 17.2 Å². The Kier molecular flexibility index (Phi) is 5.56. The zero-order chi connectivity index (χ0) is 22.3. The molecule has 10 nitrogen and oxygen atoms in total. The van der Waals surface area contributed by atoms with Crippen molar-refractivity contribution in [3.63, 3.8) is 0 Å². The molecule has 31 heavy (non-hydrogen) atoms. The van der Waals surface area contributed by atoms with Crippen molar-refractivity contribution in [1.82, 2.24) is 0 Å². The Morgan fingerprint density at radius 2 is 1.65 bits per heavy atom. The fraction of sp³-hybridized carbons (Fsp3) is 0.286. The second kappa shape index (κ2) is 8.17. The summed E-state index contributed by atoms with van der Waals surface area (Å²) in [6.45, 7) is -0.626. The molecule has 164 valence electrons. The SMILES string of the molecule is O=c1cc(-c2ccc(O)cc2)oc2cc(O[C@@H]3O[C@@H](CO)[C@@H](O)[C@@H](O)[C@H]3O)cc(O)c12. The van der Waals surface area contributed by atoms with E-state index in [1.807, 2.05) is 0 Å². The summed E-state index contributed by atoms with van der Waals surface area (Å²) in [5.74, 6) is -0.273. The first-order valence-electron chi connectivity index (χ1n) is 9.36. The van der Waals surface area contributed by atoms with Crippen molar-refractivity contribution >= 4 is 11.0 Å². The topological polar surface area (TPSA) is 170 Å². The summed E-state index contributed by atoms with van der Waals surface area (Å²) in [6, 6.07) is 9.56. The van der Waals surface area contributed by atoms with Gasteiger partial charge < -0.3 is 44.5 Å². The van der Waals surface area contributed by atoms with E-state index in [9.17, 15) is 35.4 Å². The van der Waals surface area contributed by atoms with Crippen LogP contribution in [0.2, 0.25) is 0 Å². The maximum Gasteiger partial charge on any atom is 0.229 e. The summed E-state index contributed by atoms with van der Waals surface area (Å²) < 4.78 is 16.5. The molecule has 1 fully saturated rings. The number of benzene rings is 2. The minimum Gasteiger partial charge on any atom is -0.508 e. The standard InChI is InChI=1S/C21H20O10/c22-8-16-18(26)19(27)20(28)21(31-16)29-11-5-12(24)17-13(25)7-14(30-15(17)6-11)9-1-3-10(23)4-2-9/h1-7,16,18-24,26-28H,8H2/t16-,18+,19+,20+,21+/m0/s1. The molecule has 4 rings (SSSR count). The normalized spacial score (nSPS) is 26.1. The quantitative estimate of drug-likeness (QED) is 0.331. The predicted octanol–water partition coefficient (Wildman–Crippen LogP) is 0.0499. The Morgan fingerprint density at radius 3 is 2.32 bits per heavy atom. The lowest BCUT2D eigenvalue weighted by Gasteiger charge is -2.39. The van der Waals surface area contributed by atoms with Crippen LogP contribution in [0.1, 0.15) is 0 Å². The molecule has 0 amide bonds. The molecule has 0 bridgehead atoms. The van der Waals surface area contributed by atoms with Gasteiger partial charge in [0.2, 0.25) is 6.29 Å². The van der Waals surface area contributed by atoms with Crippen LogP contribution in [0.15, 0.2) is 51.7 Å². The molecule has 0 aliphatic carbocycles. The highest BCUT2D eigenvalue weighted by Crippen LogP contribution is 2.33. The summed E-state index contributed by atoms with van der Waals surface area (Å²) in [6.07, 6.45) is -7.47. The third-order valence-electron chi connectivity index (χ3n) is 5.04. The number of aliphatic hydroxyl groups is 4. The second-order valence-corrected chi connectivity index (χ2v) is 7.15. The first-order chi connectivity index (χ1) is 14.8. The van der Waals surface area contributed by atoms with E-state index in [2.05, 4.69) is 0 Å². The van der Waals surface area contributed by atoms with Gasteiger partial charge >= 0.3 is 0 Å². The number of aliphatic hydroxyl groups excluding tert-OH is 4. The van der Waals surface area contributed by atoms with Crippen LogP contribution in [0, 0.1) is 0 Å². The van der Waals surface area contributed by atoms with E-state index >= 15 is 0 Å². The summed E-state index contributed by atoms with van der Waals surface area (Å²) in [5.41, 5.74) is -0.0204. The maximum absolute atomic E-state index is 12.5. The second-order valence-electron chi connectivity index (χ2n) is 7.15. The van der Waals surface area contributed by atoms with Crippen molar-refractivity contribution < 1.29 is 44.5 Å². The average molecular weight is 432 g/mol. The monoisotopic (exact) mass is 432 g/mol. The lowest BCUT2D eigenvalue weighted by Crippen LogP contribution is -2.60. The fourth-order valence-electron chi connectivity index (χ4n) is 3.38. The van der Waals surface area contributed by atoms with E-state index in [1.54, 1.807) is 12.1 Å². The summed E-state index contributed by atoms with van der Waals surface area (Å²) in [4.78, 5) is 12.5. The molecular formula is C21H20O10. The van der Waals surface area contributed by atoms with Gasteiger partial charge in [0.05, 0.1) is 6.61 Å². The van der Waals surface area contributed by atoms with Gasteiger partial charge in [0.25, 0.3) is 0 Å². The Bertz CT molecular complexity index is 1140. The Labute approximate surface area is 174 Å². The first kappa shape index (κ1) is 21.1. The number of hydrogen-bond acceptors (Lipinski definition) is 10. The highest BCUT2D eigenvalue weighted by atomic mass is 16.7. The zero-order valence-corrected chi connectivity index (χ0v) is 16.0. The van der Waals surface area contributed by atoms with Crippen LogP contribution in [0.3, 0.4) is 0 Å². The van der Waals surface area contributed by atoms with Crippen molar-refractivity contribution in [2.75, 3.05) is 6.61 Å². The Hall–Kier alpha value is -3.15. The molecule has 1 aliphatic heterocycles. The van der Waals surface area contributed by atoms with E-state index in [1.165, 1.54) is 24.3 Å². The number of phenolic OH excluding ortho intramolecular Hbond substituents is 2. The van der Waals surface area contributed by atoms with E-state index in [4.69, 9.17) is 13.9 Å².